The molecule has 0 aromatic heterocycles. The number of nitrogens with zero attached hydrogens (tertiary/aromatic N) is 1. The standard InChI is InChI=1S/C13H17N3O5S/c1-3-4-15-13(14)11(20)16-9(10(18)19)8(5-21-7(2)17)6-22-12(13)16/h3,12,15H,1,4-6,14H2,2H3,(H,18,19)/t12-,13-/m1/s1. The molecule has 2 heterocycles. The number of carboxylic acid groups (broad SMARTS) is 1. The Morgan fingerprint density at radius 1 is 1.68 bits per heavy atom. The molecule has 1 amide bonds. The number of ether oxygens (including phenoxy) is 1. The number of hydrogen-bond acceptors (Lipinski definition) is 7. The zero-order valence-electron chi connectivity index (χ0n) is 12.0. The molecule has 4 N–H and O–H groups in total. The number of aliphatic carboxylic acids is 1. The first-order chi connectivity index (χ1) is 10.3. The molecule has 1 saturated heterocycles. The van der Waals surface area contributed by atoms with Crippen LogP contribution in [0, 0.1) is 0 Å². The number of amides is 1. The molecular formula is C13H17N3O5S. The van der Waals surface area contributed by atoms with Gasteiger partial charge in [0, 0.05) is 24.8 Å². The van der Waals surface area contributed by atoms with Crippen LogP contribution < -0.4 is 11.1 Å². The number of carboxylic acids is 1. The topological polar surface area (TPSA) is 122 Å². The molecular weight excluding hydrogens is 310 g/mol. The van der Waals surface area contributed by atoms with Crippen LogP contribution in [0.3, 0.4) is 0 Å². The van der Waals surface area contributed by atoms with E-state index < -0.39 is 28.9 Å². The molecule has 0 aromatic rings. The number of esters is 1. The maximum atomic E-state index is 12.3. The maximum absolute atomic E-state index is 12.3. The van der Waals surface area contributed by atoms with Crippen LogP contribution in [0.2, 0.25) is 0 Å². The van der Waals surface area contributed by atoms with E-state index in [1.165, 1.54) is 18.7 Å². The number of β-lactam (4-membered cyclic amide) rings is 1. The predicted octanol–water partition coefficient (Wildman–Crippen LogP) is -0.766. The second-order valence-electron chi connectivity index (χ2n) is 4.91. The lowest BCUT2D eigenvalue weighted by Gasteiger charge is -2.55. The monoisotopic (exact) mass is 327 g/mol. The minimum absolute atomic E-state index is 0.155. The third kappa shape index (κ3) is 2.62. The molecule has 1 fully saturated rings. The lowest BCUT2D eigenvalue weighted by molar-refractivity contribution is -0.156. The Hall–Kier alpha value is -1.84. The number of hydrogen-bond donors (Lipinski definition) is 3. The molecule has 0 saturated carbocycles. The highest BCUT2D eigenvalue weighted by Gasteiger charge is 2.62. The zero-order chi connectivity index (χ0) is 16.5. The van der Waals surface area contributed by atoms with E-state index in [1.807, 2.05) is 0 Å². The van der Waals surface area contributed by atoms with Crippen LogP contribution in [0.1, 0.15) is 6.92 Å². The molecule has 9 heteroatoms. The molecule has 0 aromatic carbocycles. The Balaban J connectivity index is 2.26. The summed E-state index contributed by atoms with van der Waals surface area (Å²) in [5, 5.41) is 11.7. The number of nitrogens with one attached hydrogen (secondary N) is 1. The average Bonchev–Trinajstić information content (AvgIpc) is 2.48. The van der Waals surface area contributed by atoms with E-state index >= 15 is 0 Å². The van der Waals surface area contributed by atoms with Gasteiger partial charge < -0.3 is 15.6 Å². The number of carbonyl (C=O) groups is 3. The van der Waals surface area contributed by atoms with E-state index in [2.05, 4.69) is 11.9 Å². The van der Waals surface area contributed by atoms with Crippen LogP contribution >= 0.6 is 11.8 Å². The highest BCUT2D eigenvalue weighted by Crippen LogP contribution is 2.43. The Bertz CT molecular complexity index is 576. The summed E-state index contributed by atoms with van der Waals surface area (Å²) in [7, 11) is 0. The van der Waals surface area contributed by atoms with Crippen molar-refractivity contribution in [3.05, 3.63) is 23.9 Å². The van der Waals surface area contributed by atoms with Crippen molar-refractivity contribution in [3.63, 3.8) is 0 Å². The molecule has 22 heavy (non-hydrogen) atoms. The Labute approximate surface area is 131 Å². The fourth-order valence-electron chi connectivity index (χ4n) is 2.35. The van der Waals surface area contributed by atoms with Crippen molar-refractivity contribution in [3.8, 4) is 0 Å². The number of thioether (sulfide) groups is 1. The molecule has 2 atom stereocenters. The van der Waals surface area contributed by atoms with Crippen LogP contribution in [0.15, 0.2) is 23.9 Å². The van der Waals surface area contributed by atoms with Crippen molar-refractivity contribution >= 4 is 29.6 Å². The lowest BCUT2D eigenvalue weighted by atomic mass is 9.96. The molecule has 8 nitrogen and oxygen atoms in total. The van der Waals surface area contributed by atoms with Gasteiger partial charge in [-0.05, 0) is 0 Å². The molecule has 0 aliphatic carbocycles. The van der Waals surface area contributed by atoms with E-state index in [0.717, 1.165) is 4.90 Å². The van der Waals surface area contributed by atoms with E-state index in [-0.39, 0.29) is 12.3 Å². The molecule has 2 aliphatic heterocycles. The third-order valence-corrected chi connectivity index (χ3v) is 4.79. The number of nitrogens with two attached hydrogens (primary N) is 1. The maximum Gasteiger partial charge on any atom is 0.352 e. The summed E-state index contributed by atoms with van der Waals surface area (Å²) in [6.07, 6.45) is 1.57. The smallest absolute Gasteiger partial charge is 0.352 e. The third-order valence-electron chi connectivity index (χ3n) is 3.38. The fraction of sp³-hybridized carbons (Fsp3) is 0.462. The van der Waals surface area contributed by atoms with E-state index in [1.54, 1.807) is 6.08 Å². The van der Waals surface area contributed by atoms with Crippen LogP contribution in [0.4, 0.5) is 0 Å². The summed E-state index contributed by atoms with van der Waals surface area (Å²) in [5.74, 6) is -1.96. The fourth-order valence-corrected chi connectivity index (χ4v) is 3.73. The van der Waals surface area contributed by atoms with Crippen molar-refractivity contribution in [2.75, 3.05) is 18.9 Å². The van der Waals surface area contributed by atoms with Crippen LogP contribution in [-0.2, 0) is 19.1 Å². The lowest BCUT2D eigenvalue weighted by Crippen LogP contribution is -2.83. The van der Waals surface area contributed by atoms with Gasteiger partial charge in [-0.1, -0.05) is 6.08 Å². The average molecular weight is 327 g/mol. The van der Waals surface area contributed by atoms with Crippen LogP contribution in [-0.4, -0.2) is 57.8 Å². The SMILES string of the molecule is C=CCN[C@]1(N)C(=O)N2C(C(=O)O)=C(COC(C)=O)CS[C@@H]21. The molecule has 0 unspecified atom stereocenters. The normalized spacial score (nSPS) is 27.1. The van der Waals surface area contributed by atoms with Crippen LogP contribution in [0.25, 0.3) is 0 Å². The molecule has 0 spiro atoms. The molecule has 2 aliphatic rings. The van der Waals surface area contributed by atoms with Gasteiger partial charge in [0.05, 0.1) is 0 Å². The Morgan fingerprint density at radius 3 is 2.91 bits per heavy atom. The summed E-state index contributed by atoms with van der Waals surface area (Å²) in [5.41, 5.74) is 4.95. The van der Waals surface area contributed by atoms with Gasteiger partial charge in [-0.2, -0.15) is 0 Å². The van der Waals surface area contributed by atoms with Crippen molar-refractivity contribution in [1.29, 1.82) is 0 Å². The first-order valence-corrected chi connectivity index (χ1v) is 7.56. The van der Waals surface area contributed by atoms with Crippen LogP contribution in [0.5, 0.6) is 0 Å². The van der Waals surface area contributed by atoms with E-state index in [0.29, 0.717) is 17.9 Å². The Morgan fingerprint density at radius 2 is 2.36 bits per heavy atom. The first kappa shape index (κ1) is 16.5. The summed E-state index contributed by atoms with van der Waals surface area (Å²) in [4.78, 5) is 35.8. The van der Waals surface area contributed by atoms with Crippen molar-refractivity contribution in [2.45, 2.75) is 18.0 Å². The number of carbonyl (C=O) groups excluding carboxylic acids is 2. The minimum atomic E-state index is -1.31. The summed E-state index contributed by atoms with van der Waals surface area (Å²) >= 11 is 1.33. The molecule has 2 rings (SSSR count). The highest BCUT2D eigenvalue weighted by molar-refractivity contribution is 8.00. The van der Waals surface area contributed by atoms with Crippen molar-refractivity contribution in [2.24, 2.45) is 5.73 Å². The summed E-state index contributed by atoms with van der Waals surface area (Å²) in [6, 6.07) is 0. The molecule has 0 radical (unpaired) electrons. The molecule has 0 bridgehead atoms. The van der Waals surface area contributed by atoms with Gasteiger partial charge in [-0.25, -0.2) is 4.79 Å². The van der Waals surface area contributed by atoms with Gasteiger partial charge in [-0.15, -0.1) is 18.3 Å². The number of rotatable bonds is 6. The van der Waals surface area contributed by atoms with Gasteiger partial charge in [0.2, 0.25) is 0 Å². The summed E-state index contributed by atoms with van der Waals surface area (Å²) < 4.78 is 4.85. The zero-order valence-corrected chi connectivity index (χ0v) is 12.8. The number of fused-ring (bicyclic) bond motifs is 1. The first-order valence-electron chi connectivity index (χ1n) is 6.51. The van der Waals surface area contributed by atoms with Gasteiger partial charge in [-0.3, -0.25) is 19.8 Å². The van der Waals surface area contributed by atoms with Gasteiger partial charge >= 0.3 is 11.9 Å². The van der Waals surface area contributed by atoms with Crippen molar-refractivity contribution < 1.29 is 24.2 Å². The van der Waals surface area contributed by atoms with E-state index in [9.17, 15) is 19.5 Å². The quantitative estimate of drug-likeness (QED) is 0.252. The second-order valence-corrected chi connectivity index (χ2v) is 5.98. The minimum Gasteiger partial charge on any atom is -0.477 e. The van der Waals surface area contributed by atoms with Gasteiger partial charge in [0.1, 0.15) is 17.7 Å². The predicted molar refractivity (Wildman–Crippen MR) is 79.5 cm³/mol. The summed E-state index contributed by atoms with van der Waals surface area (Å²) in [6.45, 7) is 4.96. The largest absolute Gasteiger partial charge is 0.477 e. The molecule has 120 valence electrons. The van der Waals surface area contributed by atoms with Gasteiger partial charge in [0.15, 0.2) is 5.66 Å². The Kier molecular flexibility index (Phi) is 4.59. The van der Waals surface area contributed by atoms with Crippen molar-refractivity contribution in [1.82, 2.24) is 10.2 Å². The van der Waals surface area contributed by atoms with E-state index in [4.69, 9.17) is 10.5 Å². The second kappa shape index (κ2) is 6.11. The highest BCUT2D eigenvalue weighted by atomic mass is 32.2. The van der Waals surface area contributed by atoms with Gasteiger partial charge in [0.25, 0.3) is 5.91 Å².